The maximum atomic E-state index is 9.33. The quantitative estimate of drug-likeness (QED) is 0.650. The zero-order chi connectivity index (χ0) is 8.43. The van der Waals surface area contributed by atoms with E-state index in [-0.39, 0.29) is 0 Å². The summed E-state index contributed by atoms with van der Waals surface area (Å²) in [7, 11) is 0. The van der Waals surface area contributed by atoms with E-state index in [1.807, 2.05) is 13.0 Å². The second-order valence-electron chi connectivity index (χ2n) is 3.11. The van der Waals surface area contributed by atoms with E-state index >= 15 is 0 Å². The molecule has 0 amide bonds. The van der Waals surface area contributed by atoms with Gasteiger partial charge in [-0.15, -0.1) is 0 Å². The lowest BCUT2D eigenvalue weighted by Crippen LogP contribution is -1.87. The average Bonchev–Trinajstić information content (AvgIpc) is 1.94. The van der Waals surface area contributed by atoms with E-state index in [0.717, 1.165) is 11.1 Å². The van der Waals surface area contributed by atoms with Crippen LogP contribution in [0.5, 0.6) is 5.75 Å². The van der Waals surface area contributed by atoms with Crippen LogP contribution in [0.1, 0.15) is 30.9 Å². The van der Waals surface area contributed by atoms with Gasteiger partial charge in [-0.3, -0.25) is 0 Å². The molecule has 0 bridgehead atoms. The number of aryl methyl sites for hydroxylation is 1. The van der Waals surface area contributed by atoms with Gasteiger partial charge in [0.2, 0.25) is 0 Å². The average molecular weight is 149 g/mol. The molecule has 11 heavy (non-hydrogen) atoms. The number of hydrogen-bond acceptors (Lipinski definition) is 1. The van der Waals surface area contributed by atoms with Crippen LogP contribution in [0.25, 0.3) is 0 Å². The number of rotatable bonds is 1. The summed E-state index contributed by atoms with van der Waals surface area (Å²) in [6.07, 6.45) is 0. The Morgan fingerprint density at radius 1 is 1.45 bits per heavy atom. The van der Waals surface area contributed by atoms with Gasteiger partial charge in [-0.25, -0.2) is 0 Å². The van der Waals surface area contributed by atoms with Gasteiger partial charge in [0.25, 0.3) is 0 Å². The molecule has 0 aromatic heterocycles. The highest BCUT2D eigenvalue weighted by molar-refractivity contribution is 5.35. The molecule has 0 saturated heterocycles. The molecule has 1 aromatic rings. The number of hydrogen-bond donors (Lipinski definition) is 1. The number of phenolic OH excluding ortho intramolecular Hbond substituents is 1. The third-order valence-corrected chi connectivity index (χ3v) is 1.77. The molecule has 59 valence electrons. The van der Waals surface area contributed by atoms with Crippen LogP contribution in [-0.4, -0.2) is 5.11 Å². The number of phenols is 1. The maximum absolute atomic E-state index is 9.33. The first-order valence-electron chi connectivity index (χ1n) is 3.82. The van der Waals surface area contributed by atoms with E-state index in [9.17, 15) is 5.11 Å². The zero-order valence-electron chi connectivity index (χ0n) is 7.18. The van der Waals surface area contributed by atoms with Gasteiger partial charge in [-0.05, 0) is 42.2 Å². The van der Waals surface area contributed by atoms with Crippen molar-refractivity contribution in [1.82, 2.24) is 0 Å². The lowest BCUT2D eigenvalue weighted by Gasteiger charge is -2.05. The second kappa shape index (κ2) is 2.95. The van der Waals surface area contributed by atoms with E-state index in [1.165, 1.54) is 0 Å². The highest BCUT2D eigenvalue weighted by Crippen LogP contribution is 2.21. The molecule has 1 rings (SSSR count). The molecule has 0 fully saturated rings. The van der Waals surface area contributed by atoms with Crippen LogP contribution in [0.2, 0.25) is 0 Å². The molecule has 0 atom stereocenters. The molecule has 1 radical (unpaired) electrons. The van der Waals surface area contributed by atoms with Gasteiger partial charge in [0.1, 0.15) is 5.75 Å². The molecule has 0 unspecified atom stereocenters. The van der Waals surface area contributed by atoms with E-state index in [0.29, 0.717) is 11.7 Å². The van der Waals surface area contributed by atoms with Crippen molar-refractivity contribution in [2.45, 2.75) is 26.7 Å². The summed E-state index contributed by atoms with van der Waals surface area (Å²) in [6, 6.07) is 6.72. The molecule has 0 aliphatic carbocycles. The first-order valence-corrected chi connectivity index (χ1v) is 3.82. The molecule has 1 nitrogen and oxygen atoms in total. The Labute approximate surface area is 67.7 Å². The fourth-order valence-electron chi connectivity index (χ4n) is 0.902. The molecular formula is C10H13O. The van der Waals surface area contributed by atoms with Crippen molar-refractivity contribution in [1.29, 1.82) is 0 Å². The van der Waals surface area contributed by atoms with Crippen LogP contribution < -0.4 is 0 Å². The molecular weight excluding hydrogens is 136 g/mol. The van der Waals surface area contributed by atoms with Gasteiger partial charge in [-0.1, -0.05) is 13.8 Å². The molecule has 0 aliphatic rings. The Morgan fingerprint density at radius 2 is 2.09 bits per heavy atom. The van der Waals surface area contributed by atoms with Crippen molar-refractivity contribution in [2.24, 2.45) is 0 Å². The standard InChI is InChI=1S/C10H13O/c1-7(2)9-5-4-8(3)10(11)6-9/h4,6-7,11H,1-3H3. The lowest BCUT2D eigenvalue weighted by molar-refractivity contribution is 0.470. The van der Waals surface area contributed by atoms with Gasteiger partial charge < -0.3 is 5.11 Å². The third kappa shape index (κ3) is 1.73. The normalized spacial score (nSPS) is 10.5. The Bertz CT molecular complexity index is 251. The third-order valence-electron chi connectivity index (χ3n) is 1.77. The fraction of sp³-hybridized carbons (Fsp3) is 0.400. The first kappa shape index (κ1) is 8.12. The molecule has 0 heterocycles. The molecule has 1 N–H and O–H groups in total. The van der Waals surface area contributed by atoms with Crippen LogP contribution in [0, 0.1) is 13.0 Å². The number of benzene rings is 1. The van der Waals surface area contributed by atoms with Crippen LogP contribution in [0.15, 0.2) is 12.1 Å². The summed E-state index contributed by atoms with van der Waals surface area (Å²) in [4.78, 5) is 0. The Hall–Kier alpha value is -0.980. The van der Waals surface area contributed by atoms with E-state index in [2.05, 4.69) is 19.9 Å². The fourth-order valence-corrected chi connectivity index (χ4v) is 0.902. The zero-order valence-corrected chi connectivity index (χ0v) is 7.18. The molecule has 0 aliphatic heterocycles. The van der Waals surface area contributed by atoms with E-state index in [1.54, 1.807) is 6.07 Å². The van der Waals surface area contributed by atoms with E-state index < -0.39 is 0 Å². The van der Waals surface area contributed by atoms with E-state index in [4.69, 9.17) is 0 Å². The summed E-state index contributed by atoms with van der Waals surface area (Å²) in [5.41, 5.74) is 1.95. The maximum Gasteiger partial charge on any atom is 0.118 e. The van der Waals surface area contributed by atoms with Crippen molar-refractivity contribution < 1.29 is 5.11 Å². The van der Waals surface area contributed by atoms with Crippen molar-refractivity contribution in [2.75, 3.05) is 0 Å². The van der Waals surface area contributed by atoms with Crippen molar-refractivity contribution in [3.63, 3.8) is 0 Å². The Kier molecular flexibility index (Phi) is 2.18. The van der Waals surface area contributed by atoms with Crippen LogP contribution >= 0.6 is 0 Å². The Balaban J connectivity index is 3.05. The van der Waals surface area contributed by atoms with Crippen molar-refractivity contribution in [3.8, 4) is 5.75 Å². The highest BCUT2D eigenvalue weighted by Gasteiger charge is 2.01. The van der Waals surface area contributed by atoms with Crippen LogP contribution in [0.3, 0.4) is 0 Å². The monoisotopic (exact) mass is 149 g/mol. The predicted molar refractivity (Wildman–Crippen MR) is 45.8 cm³/mol. The Morgan fingerprint density at radius 3 is 2.55 bits per heavy atom. The molecule has 0 spiro atoms. The summed E-state index contributed by atoms with van der Waals surface area (Å²) in [6.45, 7) is 6.04. The van der Waals surface area contributed by atoms with Gasteiger partial charge in [0.05, 0.1) is 0 Å². The highest BCUT2D eigenvalue weighted by atomic mass is 16.3. The van der Waals surface area contributed by atoms with Gasteiger partial charge >= 0.3 is 0 Å². The topological polar surface area (TPSA) is 20.2 Å². The lowest BCUT2D eigenvalue weighted by atomic mass is 10.0. The molecule has 1 aromatic carbocycles. The smallest absolute Gasteiger partial charge is 0.118 e. The predicted octanol–water partition coefficient (Wildman–Crippen LogP) is 2.62. The minimum absolute atomic E-state index is 0.368. The van der Waals surface area contributed by atoms with Crippen molar-refractivity contribution >= 4 is 0 Å². The SMILES string of the molecule is Cc1c[c]c(C(C)C)cc1O. The summed E-state index contributed by atoms with van der Waals surface area (Å²) in [5, 5.41) is 9.33. The molecule has 1 heteroatoms. The van der Waals surface area contributed by atoms with Crippen LogP contribution in [-0.2, 0) is 0 Å². The minimum Gasteiger partial charge on any atom is -0.508 e. The second-order valence-corrected chi connectivity index (χ2v) is 3.11. The first-order chi connectivity index (χ1) is 5.11. The minimum atomic E-state index is 0.368. The largest absolute Gasteiger partial charge is 0.508 e. The number of aromatic hydroxyl groups is 1. The van der Waals surface area contributed by atoms with Crippen LogP contribution in [0.4, 0.5) is 0 Å². The molecule has 0 saturated carbocycles. The summed E-state index contributed by atoms with van der Waals surface area (Å²) in [5.74, 6) is 0.800. The van der Waals surface area contributed by atoms with Crippen molar-refractivity contribution in [3.05, 3.63) is 29.3 Å². The summed E-state index contributed by atoms with van der Waals surface area (Å²) < 4.78 is 0. The summed E-state index contributed by atoms with van der Waals surface area (Å²) >= 11 is 0. The van der Waals surface area contributed by atoms with Gasteiger partial charge in [0, 0.05) is 0 Å². The van der Waals surface area contributed by atoms with Gasteiger partial charge in [-0.2, -0.15) is 0 Å². The van der Waals surface area contributed by atoms with Gasteiger partial charge in [0.15, 0.2) is 0 Å².